The summed E-state index contributed by atoms with van der Waals surface area (Å²) in [5, 5.41) is 3.42. The smallest absolute Gasteiger partial charge is 0.256 e. The van der Waals surface area contributed by atoms with Crippen LogP contribution in [0, 0.1) is 6.92 Å². The molecule has 3 aliphatic rings. The number of carbonyl (C=O) groups is 2. The standard InChI is InChI=1S/C28H35N3O5.C6H9NO/c1-18-11-20-16-30-23-15-27(25(34-5)13-21(23)28(32)31(20)17-18)36-10-8-6-7-9-35-26-14-22(29-3)19(2)12-24(26)33-4;1-6-2-3-7(4-6)5-8/h12-15,20,30H,1,3,6-11,16-17H2,2,4-5H3;5H,1-4H2. The molecule has 1 atom stereocenters. The molecule has 2 amide bonds. The highest BCUT2D eigenvalue weighted by molar-refractivity contribution is 6.01. The van der Waals surface area contributed by atoms with E-state index < -0.39 is 0 Å². The quantitative estimate of drug-likeness (QED) is 0.146. The van der Waals surface area contributed by atoms with E-state index >= 15 is 0 Å². The van der Waals surface area contributed by atoms with E-state index in [-0.39, 0.29) is 11.9 Å². The maximum Gasteiger partial charge on any atom is 0.256 e. The Morgan fingerprint density at radius 2 is 1.64 bits per heavy atom. The van der Waals surface area contributed by atoms with Crippen LogP contribution in [0.5, 0.6) is 23.0 Å². The van der Waals surface area contributed by atoms with Gasteiger partial charge < -0.3 is 34.1 Å². The lowest BCUT2D eigenvalue weighted by atomic mass is 10.1. The van der Waals surface area contributed by atoms with E-state index in [2.05, 4.69) is 30.2 Å². The van der Waals surface area contributed by atoms with E-state index in [1.165, 1.54) is 0 Å². The maximum atomic E-state index is 13.1. The van der Waals surface area contributed by atoms with Crippen LogP contribution in [0.2, 0.25) is 0 Å². The van der Waals surface area contributed by atoms with Gasteiger partial charge in [0.25, 0.3) is 5.91 Å². The van der Waals surface area contributed by atoms with Crippen LogP contribution >= 0.6 is 0 Å². The van der Waals surface area contributed by atoms with E-state index in [1.54, 1.807) is 25.2 Å². The molecule has 1 unspecified atom stereocenters. The molecule has 3 aliphatic heterocycles. The van der Waals surface area contributed by atoms with Gasteiger partial charge >= 0.3 is 0 Å². The number of aliphatic imine (C=N–C) groups is 1. The molecule has 0 aromatic heterocycles. The number of amides is 2. The number of nitrogens with zero attached hydrogens (tertiary/aromatic N) is 3. The van der Waals surface area contributed by atoms with Gasteiger partial charge in [0.15, 0.2) is 23.0 Å². The molecule has 3 heterocycles. The molecule has 44 heavy (non-hydrogen) atoms. The maximum absolute atomic E-state index is 13.1. The Hall–Kier alpha value is -4.47. The number of unbranched alkanes of at least 4 members (excludes halogenated alkanes) is 2. The molecule has 2 aromatic carbocycles. The van der Waals surface area contributed by atoms with Gasteiger partial charge in [-0.15, -0.1) is 0 Å². The molecule has 10 nitrogen and oxygen atoms in total. The molecule has 5 rings (SSSR count). The highest BCUT2D eigenvalue weighted by atomic mass is 16.5. The Morgan fingerprint density at radius 3 is 2.23 bits per heavy atom. The van der Waals surface area contributed by atoms with E-state index in [0.717, 1.165) is 79.7 Å². The van der Waals surface area contributed by atoms with Crippen molar-refractivity contribution in [2.75, 3.05) is 58.9 Å². The average molecular weight is 605 g/mol. The third kappa shape index (κ3) is 7.92. The number of hydrogen-bond acceptors (Lipinski definition) is 8. The highest BCUT2D eigenvalue weighted by Gasteiger charge is 2.35. The van der Waals surface area contributed by atoms with Gasteiger partial charge in [-0.05, 0) is 63.4 Å². The van der Waals surface area contributed by atoms with Crippen molar-refractivity contribution in [1.82, 2.24) is 9.80 Å². The zero-order chi connectivity index (χ0) is 31.6. The van der Waals surface area contributed by atoms with Crippen molar-refractivity contribution >= 4 is 30.4 Å². The molecule has 0 radical (unpaired) electrons. The van der Waals surface area contributed by atoms with Crippen LogP contribution in [0.25, 0.3) is 0 Å². The van der Waals surface area contributed by atoms with Crippen LogP contribution in [0.4, 0.5) is 11.4 Å². The van der Waals surface area contributed by atoms with Gasteiger partial charge in [-0.1, -0.05) is 24.3 Å². The second-order valence-electron chi connectivity index (χ2n) is 11.3. The van der Waals surface area contributed by atoms with Gasteiger partial charge in [-0.2, -0.15) is 0 Å². The molecule has 1 N–H and O–H groups in total. The van der Waals surface area contributed by atoms with Gasteiger partial charge in [-0.3, -0.25) is 14.6 Å². The Morgan fingerprint density at radius 1 is 0.955 bits per heavy atom. The van der Waals surface area contributed by atoms with Gasteiger partial charge in [0.05, 0.1) is 50.4 Å². The van der Waals surface area contributed by atoms with Crippen molar-refractivity contribution in [3.8, 4) is 23.0 Å². The molecule has 10 heteroatoms. The van der Waals surface area contributed by atoms with Gasteiger partial charge in [0, 0.05) is 38.3 Å². The summed E-state index contributed by atoms with van der Waals surface area (Å²) in [6.07, 6.45) is 5.36. The molecular formula is C34H44N4O6. The largest absolute Gasteiger partial charge is 0.493 e. The van der Waals surface area contributed by atoms with Crippen LogP contribution in [0.15, 0.2) is 53.6 Å². The number of anilines is 1. The Kier molecular flexibility index (Phi) is 11.3. The summed E-state index contributed by atoms with van der Waals surface area (Å²) in [7, 11) is 3.22. The first kappa shape index (κ1) is 32.4. The lowest BCUT2D eigenvalue weighted by Crippen LogP contribution is -2.36. The SMILES string of the molecule is C=C1CCN(C=O)C1.C=Nc1cc(OCCCCCOc2cc3c(cc2OC)C(=O)N2CC(=C)CC2CN3)c(OC)cc1C. The van der Waals surface area contributed by atoms with Crippen LogP contribution < -0.4 is 24.3 Å². The van der Waals surface area contributed by atoms with E-state index in [0.29, 0.717) is 54.9 Å². The average Bonchev–Trinajstić information content (AvgIpc) is 3.60. The molecule has 0 spiro atoms. The first-order valence-electron chi connectivity index (χ1n) is 15.0. The fraction of sp³-hybridized carbons (Fsp3) is 0.441. The summed E-state index contributed by atoms with van der Waals surface area (Å²) in [4.78, 5) is 30.8. The number of likely N-dealkylation sites (tertiary alicyclic amines) is 1. The van der Waals surface area contributed by atoms with Crippen LogP contribution in [0.1, 0.15) is 48.0 Å². The van der Waals surface area contributed by atoms with Gasteiger partial charge in [-0.25, -0.2) is 0 Å². The molecule has 236 valence electrons. The third-order valence-corrected chi connectivity index (χ3v) is 7.97. The fourth-order valence-electron chi connectivity index (χ4n) is 5.51. The molecule has 0 aliphatic carbocycles. The van der Waals surface area contributed by atoms with Crippen molar-refractivity contribution < 1.29 is 28.5 Å². The van der Waals surface area contributed by atoms with Crippen molar-refractivity contribution in [3.05, 3.63) is 59.7 Å². The zero-order valence-corrected chi connectivity index (χ0v) is 26.2. The predicted molar refractivity (Wildman–Crippen MR) is 173 cm³/mol. The number of benzene rings is 2. The van der Waals surface area contributed by atoms with Crippen molar-refractivity contribution in [2.45, 2.75) is 45.1 Å². The Labute approximate surface area is 260 Å². The first-order chi connectivity index (χ1) is 21.3. The number of nitrogens with one attached hydrogen (secondary N) is 1. The number of fused-ring (bicyclic) bond motifs is 2. The van der Waals surface area contributed by atoms with Crippen LogP contribution in [-0.4, -0.2) is 88.5 Å². The minimum absolute atomic E-state index is 0.00435. The molecule has 0 saturated carbocycles. The lowest BCUT2D eigenvalue weighted by molar-refractivity contribution is -0.117. The summed E-state index contributed by atoms with van der Waals surface area (Å²) >= 11 is 0. The summed E-state index contributed by atoms with van der Waals surface area (Å²) < 4.78 is 22.9. The second-order valence-corrected chi connectivity index (χ2v) is 11.3. The van der Waals surface area contributed by atoms with Crippen molar-refractivity contribution in [2.24, 2.45) is 4.99 Å². The topological polar surface area (TPSA) is 102 Å². The molecule has 2 aromatic rings. The summed E-state index contributed by atoms with van der Waals surface area (Å²) in [6.45, 7) is 17.4. The van der Waals surface area contributed by atoms with Crippen molar-refractivity contribution in [3.63, 3.8) is 0 Å². The summed E-state index contributed by atoms with van der Waals surface area (Å²) in [6, 6.07) is 7.55. The van der Waals surface area contributed by atoms with Gasteiger partial charge in [0.2, 0.25) is 6.41 Å². The van der Waals surface area contributed by atoms with Gasteiger partial charge in [0.1, 0.15) is 0 Å². The molecule has 2 fully saturated rings. The number of ether oxygens (including phenoxy) is 4. The zero-order valence-electron chi connectivity index (χ0n) is 26.2. The molecular weight excluding hydrogens is 560 g/mol. The molecule has 2 saturated heterocycles. The number of carbonyl (C=O) groups excluding carboxylic acids is 2. The first-order valence-corrected chi connectivity index (χ1v) is 15.0. The van der Waals surface area contributed by atoms with E-state index in [4.69, 9.17) is 18.9 Å². The number of aryl methyl sites for hydroxylation is 1. The van der Waals surface area contributed by atoms with Crippen LogP contribution in [0.3, 0.4) is 0 Å². The molecule has 0 bridgehead atoms. The minimum Gasteiger partial charge on any atom is -0.493 e. The van der Waals surface area contributed by atoms with E-state index in [9.17, 15) is 9.59 Å². The van der Waals surface area contributed by atoms with Crippen molar-refractivity contribution in [1.29, 1.82) is 0 Å². The normalized spacial score (nSPS) is 17.1. The fourth-order valence-corrected chi connectivity index (χ4v) is 5.51. The Balaban J connectivity index is 0.000000479. The lowest BCUT2D eigenvalue weighted by Gasteiger charge is -2.21. The predicted octanol–water partition coefficient (Wildman–Crippen LogP) is 5.57. The summed E-state index contributed by atoms with van der Waals surface area (Å²) in [5.41, 5.74) is 5.42. The number of rotatable bonds is 12. The highest BCUT2D eigenvalue weighted by Crippen LogP contribution is 2.38. The second kappa shape index (κ2) is 15.3. The van der Waals surface area contributed by atoms with Crippen LogP contribution in [-0.2, 0) is 4.79 Å². The summed E-state index contributed by atoms with van der Waals surface area (Å²) in [5.74, 6) is 2.55. The minimum atomic E-state index is 0.00435. The number of methoxy groups -OCH3 is 2. The monoisotopic (exact) mass is 604 g/mol. The Bertz CT molecular complexity index is 1390. The third-order valence-electron chi connectivity index (χ3n) is 7.97. The number of hydrogen-bond donors (Lipinski definition) is 1. The van der Waals surface area contributed by atoms with E-state index in [1.807, 2.05) is 30.0 Å².